The maximum atomic E-state index is 6.94. The number of ether oxygens (including phenoxy) is 2. The fraction of sp³-hybridized carbons (Fsp3) is 0.0175. The molecule has 2 aliphatic heterocycles. The predicted molar refractivity (Wildman–Crippen MR) is 495 cm³/mol. The van der Waals surface area contributed by atoms with Crippen LogP contribution >= 0.6 is 0 Å². The molecule has 0 radical (unpaired) electrons. The van der Waals surface area contributed by atoms with Crippen LogP contribution in [0.5, 0.6) is 23.0 Å². The van der Waals surface area contributed by atoms with Gasteiger partial charge in [0.25, 0.3) is 0 Å². The van der Waals surface area contributed by atoms with Gasteiger partial charge in [0.05, 0.1) is 66.9 Å². The van der Waals surface area contributed by atoms with Crippen LogP contribution in [0.1, 0.15) is 44.5 Å². The van der Waals surface area contributed by atoms with Crippen LogP contribution in [0.4, 0.5) is 0 Å². The number of rotatable bonds is 7. The molecule has 8 heteroatoms. The number of aromatic nitrogens is 6. The van der Waals surface area contributed by atoms with Crippen LogP contribution in [0.2, 0.25) is 0 Å². The summed E-state index contributed by atoms with van der Waals surface area (Å²) in [6.45, 7) is 0. The van der Waals surface area contributed by atoms with Crippen molar-refractivity contribution in [1.29, 1.82) is 0 Å². The predicted octanol–water partition coefficient (Wildman–Crippen LogP) is 28.4. The number of fused-ring (bicyclic) bond motifs is 28. The molecule has 5 aromatic heterocycles. The Hall–Kier alpha value is -16.2. The zero-order chi connectivity index (χ0) is 80.1. The van der Waals surface area contributed by atoms with E-state index in [-0.39, 0.29) is 0 Å². The Balaban J connectivity index is 0.000000134. The van der Waals surface area contributed by atoms with Crippen LogP contribution in [0.3, 0.4) is 0 Å². The molecule has 122 heavy (non-hydrogen) atoms. The second-order valence-electron chi connectivity index (χ2n) is 32.1. The highest BCUT2D eigenvalue weighted by Crippen LogP contribution is 2.65. The van der Waals surface area contributed by atoms with E-state index in [1.165, 1.54) is 44.5 Å². The zero-order valence-electron chi connectivity index (χ0n) is 65.8. The van der Waals surface area contributed by atoms with Crippen molar-refractivity contribution in [3.05, 3.63) is 457 Å². The van der Waals surface area contributed by atoms with Gasteiger partial charge in [0.1, 0.15) is 23.0 Å². The molecule has 0 bridgehead atoms. The second-order valence-corrected chi connectivity index (χ2v) is 32.1. The molecule has 0 fully saturated rings. The maximum absolute atomic E-state index is 6.94. The molecule has 0 atom stereocenters. The van der Waals surface area contributed by atoms with Crippen LogP contribution in [-0.4, -0.2) is 29.9 Å². The number of para-hydroxylation sites is 3. The molecule has 0 saturated heterocycles. The highest BCUT2D eigenvalue weighted by Gasteiger charge is 2.53. The first-order chi connectivity index (χ1) is 60.4. The quantitative estimate of drug-likeness (QED) is 0.146. The molecule has 26 rings (SSSR count). The summed E-state index contributed by atoms with van der Waals surface area (Å²) in [6, 6.07) is 147. The minimum atomic E-state index is -0.569. The van der Waals surface area contributed by atoms with Gasteiger partial charge >= 0.3 is 0 Å². The Morgan fingerprint density at radius 2 is 0.541 bits per heavy atom. The Kier molecular flexibility index (Phi) is 15.4. The van der Waals surface area contributed by atoms with Crippen molar-refractivity contribution in [2.24, 2.45) is 0 Å². The normalized spacial score (nSPS) is 13.2. The van der Waals surface area contributed by atoms with Crippen molar-refractivity contribution in [2.75, 3.05) is 0 Å². The first kappa shape index (κ1) is 69.0. The average Bonchev–Trinajstić information content (AvgIpc) is 1.46. The zero-order valence-corrected chi connectivity index (χ0v) is 65.8. The molecule has 17 aromatic carbocycles. The fourth-order valence-electron chi connectivity index (χ4n) is 20.2. The second kappa shape index (κ2) is 27.2. The van der Waals surface area contributed by atoms with Gasteiger partial charge in [0.15, 0.2) is 5.82 Å². The van der Waals surface area contributed by atoms with Crippen molar-refractivity contribution in [1.82, 2.24) is 29.9 Å². The molecule has 566 valence electrons. The number of hydrogen-bond donors (Lipinski definition) is 0. The highest BCUT2D eigenvalue weighted by molar-refractivity contribution is 6.15. The summed E-state index contributed by atoms with van der Waals surface area (Å²) in [5.74, 6) is 4.16. The van der Waals surface area contributed by atoms with Gasteiger partial charge in [0, 0.05) is 93.3 Å². The van der Waals surface area contributed by atoms with Crippen molar-refractivity contribution in [2.45, 2.75) is 10.8 Å². The topological polar surface area (TPSA) is 95.8 Å². The van der Waals surface area contributed by atoms with E-state index in [1.54, 1.807) is 0 Å². The highest BCUT2D eigenvalue weighted by atomic mass is 16.5. The molecule has 4 aliphatic rings. The van der Waals surface area contributed by atoms with E-state index >= 15 is 0 Å². The van der Waals surface area contributed by atoms with Crippen molar-refractivity contribution in [3.8, 4) is 124 Å². The van der Waals surface area contributed by atoms with E-state index < -0.39 is 10.8 Å². The molecule has 2 spiro atoms. The van der Waals surface area contributed by atoms with E-state index in [4.69, 9.17) is 39.4 Å². The van der Waals surface area contributed by atoms with Crippen LogP contribution in [-0.2, 0) is 10.8 Å². The third-order valence-corrected chi connectivity index (χ3v) is 25.6. The fourth-order valence-corrected chi connectivity index (χ4v) is 20.2. The Bertz CT molecular complexity index is 8050. The summed E-state index contributed by atoms with van der Waals surface area (Å²) in [5, 5.41) is 9.68. The molecule has 8 nitrogen and oxygen atoms in total. The minimum absolute atomic E-state index is 0.563. The van der Waals surface area contributed by atoms with Gasteiger partial charge in [-0.25, -0.2) is 29.9 Å². The van der Waals surface area contributed by atoms with E-state index in [1.807, 2.05) is 48.5 Å². The lowest BCUT2D eigenvalue weighted by Gasteiger charge is -2.39. The summed E-state index contributed by atoms with van der Waals surface area (Å²) in [5.41, 5.74) is 31.1. The van der Waals surface area contributed by atoms with Crippen LogP contribution in [0.25, 0.3) is 177 Å². The van der Waals surface area contributed by atoms with E-state index in [9.17, 15) is 0 Å². The number of pyridine rings is 4. The molecule has 7 heterocycles. The largest absolute Gasteiger partial charge is 0.457 e. The summed E-state index contributed by atoms with van der Waals surface area (Å²) >= 11 is 0. The van der Waals surface area contributed by atoms with Crippen LogP contribution in [0.15, 0.2) is 413 Å². The third-order valence-electron chi connectivity index (χ3n) is 25.6. The summed E-state index contributed by atoms with van der Waals surface area (Å²) < 4.78 is 13.9. The van der Waals surface area contributed by atoms with Gasteiger partial charge in [-0.1, -0.05) is 346 Å². The maximum Gasteiger partial charge on any atom is 0.160 e. The first-order valence-electron chi connectivity index (χ1n) is 41.5. The molecule has 2 aliphatic carbocycles. The Morgan fingerprint density at radius 1 is 0.180 bits per heavy atom. The first-order valence-corrected chi connectivity index (χ1v) is 41.5. The van der Waals surface area contributed by atoms with Gasteiger partial charge in [-0.3, -0.25) is 0 Å². The van der Waals surface area contributed by atoms with E-state index in [2.05, 4.69) is 364 Å². The smallest absolute Gasteiger partial charge is 0.160 e. The van der Waals surface area contributed by atoms with Gasteiger partial charge < -0.3 is 9.47 Å². The molecule has 22 aromatic rings. The van der Waals surface area contributed by atoms with Crippen molar-refractivity contribution in [3.63, 3.8) is 0 Å². The van der Waals surface area contributed by atoms with Crippen molar-refractivity contribution >= 4 is 76.1 Å². The van der Waals surface area contributed by atoms with E-state index in [0.29, 0.717) is 0 Å². The van der Waals surface area contributed by atoms with Gasteiger partial charge in [-0.05, 0) is 133 Å². The number of nitrogens with zero attached hydrogens (tertiary/aromatic N) is 6. The van der Waals surface area contributed by atoms with Gasteiger partial charge in [0.2, 0.25) is 0 Å². The molecular weight excluding hydrogens is 1490 g/mol. The standard InChI is InChI=1S/C58H35N3O.C56H33N3O/c1-3-15-37(16-4-1)56-46-35-54-50(58(49-24-12-14-26-53(49)62-54)47-22-10-7-19-41(47)42-20-8-11-23-48(42)58)34-45(46)43-32-31-40(33-52(43)59-56)36-27-29-38(30-28-36)55-44-21-9-13-25-51(44)60-57(61-55)39-17-5-2-6-18-39;1-3-13-34(14-4-1)48-29-26-36-23-24-37-27-30-49(58-55(37)54(36)57-48)38-25-28-41-42-32-47-52(33-43(42)53(59-50(41)31-38)35-15-5-2-6-16-35)60-51-22-12-11-21-46(51)56(47)44-19-9-7-17-39(44)40-18-8-10-20-45(40)56/h1-35H;1-33H. The molecular formula is C114H68N6O2. The van der Waals surface area contributed by atoms with Gasteiger partial charge in [-0.2, -0.15) is 0 Å². The van der Waals surface area contributed by atoms with Gasteiger partial charge in [-0.15, -0.1) is 0 Å². The van der Waals surface area contributed by atoms with Crippen LogP contribution < -0.4 is 9.47 Å². The lowest BCUT2D eigenvalue weighted by atomic mass is 9.65. The molecule has 0 N–H and O–H groups in total. The SMILES string of the molecule is c1ccc(-c2ccc3ccc4ccc(-c5ccc6c(c5)nc(-c5ccccc5)c5cc7c(cc56)C5(c6ccccc6O7)c6ccccc6-c6ccccc65)nc4c3n2)cc1.c1ccc(-c2nc(-c3ccc(-c4ccc5c(c4)nc(-c4ccccc4)c4cc6c(cc45)C4(c5ccccc5O6)c5ccccc5-c5ccccc54)cc3)c3ccccc3n2)cc1. The molecule has 0 saturated carbocycles. The monoisotopic (exact) mass is 1550 g/mol. The molecule has 0 unspecified atom stereocenters. The number of benzene rings is 17. The average molecular weight is 1550 g/mol. The lowest BCUT2D eigenvalue weighted by molar-refractivity contribution is 0.437. The minimum Gasteiger partial charge on any atom is -0.457 e. The van der Waals surface area contributed by atoms with Crippen molar-refractivity contribution < 1.29 is 9.47 Å². The Morgan fingerprint density at radius 3 is 1.03 bits per heavy atom. The molecule has 0 amide bonds. The summed E-state index contributed by atoms with van der Waals surface area (Å²) in [6.07, 6.45) is 0. The summed E-state index contributed by atoms with van der Waals surface area (Å²) in [4.78, 5) is 31.5. The van der Waals surface area contributed by atoms with E-state index in [0.717, 1.165) is 200 Å². The van der Waals surface area contributed by atoms with Crippen LogP contribution in [0, 0.1) is 0 Å². The lowest BCUT2D eigenvalue weighted by Crippen LogP contribution is -2.32. The number of hydrogen-bond acceptors (Lipinski definition) is 8. The Labute approximate surface area is 702 Å². The summed E-state index contributed by atoms with van der Waals surface area (Å²) in [7, 11) is 0. The third kappa shape index (κ3) is 10.5.